The van der Waals surface area contributed by atoms with E-state index in [2.05, 4.69) is 10.6 Å². The van der Waals surface area contributed by atoms with Crippen LogP contribution in [0.25, 0.3) is 0 Å². The van der Waals surface area contributed by atoms with Gasteiger partial charge in [-0.05, 0) is 43.0 Å². The first-order valence-corrected chi connectivity index (χ1v) is 8.46. The zero-order valence-electron chi connectivity index (χ0n) is 14.9. The Hall–Kier alpha value is -2.37. The molecule has 2 amide bonds. The van der Waals surface area contributed by atoms with Gasteiger partial charge in [0, 0.05) is 12.1 Å². The van der Waals surface area contributed by atoms with Crippen LogP contribution in [-0.4, -0.2) is 11.8 Å². The van der Waals surface area contributed by atoms with Crippen LogP contribution in [-0.2, 0) is 21.5 Å². The maximum absolute atomic E-state index is 12.7. The molecule has 0 spiro atoms. The van der Waals surface area contributed by atoms with E-state index in [1.54, 1.807) is 6.92 Å². The van der Waals surface area contributed by atoms with Crippen molar-refractivity contribution in [2.45, 2.75) is 38.3 Å². The van der Waals surface area contributed by atoms with Crippen molar-refractivity contribution in [3.63, 3.8) is 0 Å². The van der Waals surface area contributed by atoms with Gasteiger partial charge in [-0.1, -0.05) is 42.5 Å². The standard InChI is InChI=1S/C20H23N3O2.ClH/c1-13(14-8-10-17-15(12-14)9-11-18(24)23-17)22-19(25)20(2,21)16-6-4-3-5-7-16;/h3-8,10,12-13H,9,11,21H2,1-2H3,(H,22,25)(H,23,24);1H. The van der Waals surface area contributed by atoms with Crippen molar-refractivity contribution in [3.8, 4) is 0 Å². The fraction of sp³-hybridized carbons (Fsp3) is 0.300. The van der Waals surface area contributed by atoms with Crippen LogP contribution in [0, 0.1) is 0 Å². The van der Waals surface area contributed by atoms with Crippen molar-refractivity contribution < 1.29 is 9.59 Å². The number of halogens is 1. The third kappa shape index (κ3) is 4.06. The Morgan fingerprint density at radius 2 is 1.88 bits per heavy atom. The van der Waals surface area contributed by atoms with Gasteiger partial charge in [-0.25, -0.2) is 0 Å². The van der Waals surface area contributed by atoms with Gasteiger partial charge in [0.25, 0.3) is 0 Å². The van der Waals surface area contributed by atoms with Gasteiger partial charge in [-0.3, -0.25) is 9.59 Å². The molecule has 0 fully saturated rings. The van der Waals surface area contributed by atoms with Crippen molar-refractivity contribution in [1.82, 2.24) is 5.32 Å². The molecule has 1 heterocycles. The number of nitrogens with one attached hydrogen (secondary N) is 2. The summed E-state index contributed by atoms with van der Waals surface area (Å²) in [5, 5.41) is 5.87. The minimum atomic E-state index is -1.10. The Labute approximate surface area is 159 Å². The zero-order valence-corrected chi connectivity index (χ0v) is 15.7. The summed E-state index contributed by atoms with van der Waals surface area (Å²) < 4.78 is 0. The molecule has 0 aliphatic carbocycles. The molecule has 5 nitrogen and oxygen atoms in total. The van der Waals surface area contributed by atoms with Crippen LogP contribution in [0.1, 0.15) is 43.0 Å². The van der Waals surface area contributed by atoms with Crippen LogP contribution < -0.4 is 16.4 Å². The Kier molecular flexibility index (Phi) is 6.05. The van der Waals surface area contributed by atoms with Gasteiger partial charge >= 0.3 is 0 Å². The van der Waals surface area contributed by atoms with E-state index < -0.39 is 5.54 Å². The number of fused-ring (bicyclic) bond motifs is 1. The molecular weight excluding hydrogens is 350 g/mol. The number of benzene rings is 2. The summed E-state index contributed by atoms with van der Waals surface area (Å²) in [6, 6.07) is 15.0. The van der Waals surface area contributed by atoms with E-state index in [-0.39, 0.29) is 30.3 Å². The van der Waals surface area contributed by atoms with Crippen molar-refractivity contribution in [3.05, 3.63) is 65.2 Å². The number of anilines is 1. The summed E-state index contributed by atoms with van der Waals surface area (Å²) >= 11 is 0. The number of carbonyl (C=O) groups is 2. The lowest BCUT2D eigenvalue weighted by molar-refractivity contribution is -0.126. The van der Waals surface area contributed by atoms with Gasteiger partial charge in [0.05, 0.1) is 6.04 Å². The number of hydrogen-bond acceptors (Lipinski definition) is 3. The van der Waals surface area contributed by atoms with Gasteiger partial charge in [0.15, 0.2) is 0 Å². The number of aryl methyl sites for hydroxylation is 1. The normalized spacial score (nSPS) is 16.3. The van der Waals surface area contributed by atoms with Crippen molar-refractivity contribution in [2.75, 3.05) is 5.32 Å². The molecule has 0 bridgehead atoms. The molecule has 3 rings (SSSR count). The summed E-state index contributed by atoms with van der Waals surface area (Å²) in [5.74, 6) is -0.180. The molecule has 2 unspecified atom stereocenters. The van der Waals surface area contributed by atoms with E-state index in [1.807, 2.05) is 55.5 Å². The molecule has 1 aliphatic rings. The highest BCUT2D eigenvalue weighted by atomic mass is 35.5. The highest BCUT2D eigenvalue weighted by Gasteiger charge is 2.31. The molecule has 0 saturated carbocycles. The minimum Gasteiger partial charge on any atom is -0.348 e. The first-order valence-electron chi connectivity index (χ1n) is 8.46. The summed E-state index contributed by atoms with van der Waals surface area (Å²) in [4.78, 5) is 24.1. The maximum atomic E-state index is 12.7. The number of carbonyl (C=O) groups excluding carboxylic acids is 2. The van der Waals surface area contributed by atoms with E-state index in [1.165, 1.54) is 0 Å². The molecule has 26 heavy (non-hydrogen) atoms. The van der Waals surface area contributed by atoms with Gasteiger partial charge in [0.2, 0.25) is 11.8 Å². The van der Waals surface area contributed by atoms with Gasteiger partial charge in [0.1, 0.15) is 5.54 Å². The Bertz CT molecular complexity index is 806. The smallest absolute Gasteiger partial charge is 0.244 e. The first-order chi connectivity index (χ1) is 11.9. The minimum absolute atomic E-state index is 0. The predicted molar refractivity (Wildman–Crippen MR) is 105 cm³/mol. The number of rotatable bonds is 4. The molecular formula is C20H24ClN3O2. The van der Waals surface area contributed by atoms with E-state index >= 15 is 0 Å². The average Bonchev–Trinajstić information content (AvgIpc) is 2.61. The van der Waals surface area contributed by atoms with Crippen molar-refractivity contribution in [1.29, 1.82) is 0 Å². The monoisotopic (exact) mass is 373 g/mol. The number of amides is 2. The Balaban J connectivity index is 0.00000243. The molecule has 2 atom stereocenters. The first kappa shape index (κ1) is 19.9. The Morgan fingerprint density at radius 1 is 1.19 bits per heavy atom. The highest BCUT2D eigenvalue weighted by Crippen LogP contribution is 2.27. The molecule has 6 heteroatoms. The van der Waals surface area contributed by atoms with Crippen molar-refractivity contribution in [2.24, 2.45) is 5.73 Å². The largest absolute Gasteiger partial charge is 0.348 e. The number of nitrogens with two attached hydrogens (primary N) is 1. The quantitative estimate of drug-likeness (QED) is 0.770. The lowest BCUT2D eigenvalue weighted by Gasteiger charge is -2.27. The van der Waals surface area contributed by atoms with Crippen molar-refractivity contribution >= 4 is 29.9 Å². The van der Waals surface area contributed by atoms with Gasteiger partial charge in [-0.15, -0.1) is 12.4 Å². The fourth-order valence-electron chi connectivity index (χ4n) is 3.02. The molecule has 0 aromatic heterocycles. The molecule has 0 saturated heterocycles. The van der Waals surface area contributed by atoms with Gasteiger partial charge < -0.3 is 16.4 Å². The van der Waals surface area contributed by atoms with E-state index in [0.717, 1.165) is 22.4 Å². The lowest BCUT2D eigenvalue weighted by atomic mass is 9.91. The second-order valence-electron chi connectivity index (χ2n) is 6.73. The third-order valence-corrected chi connectivity index (χ3v) is 4.72. The highest BCUT2D eigenvalue weighted by molar-refractivity contribution is 5.94. The predicted octanol–water partition coefficient (Wildman–Crippen LogP) is 3.04. The summed E-state index contributed by atoms with van der Waals surface area (Å²) in [7, 11) is 0. The van der Waals surface area contributed by atoms with Crippen LogP contribution in [0.2, 0.25) is 0 Å². The molecule has 1 aliphatic heterocycles. The molecule has 138 valence electrons. The summed E-state index contributed by atoms with van der Waals surface area (Å²) in [5.41, 5.74) is 8.89. The topological polar surface area (TPSA) is 84.2 Å². The second-order valence-corrected chi connectivity index (χ2v) is 6.73. The summed E-state index contributed by atoms with van der Waals surface area (Å²) in [6.45, 7) is 3.65. The number of hydrogen-bond donors (Lipinski definition) is 3. The molecule has 0 radical (unpaired) electrons. The van der Waals surface area contributed by atoms with Crippen LogP contribution in [0.4, 0.5) is 5.69 Å². The van der Waals surface area contributed by atoms with Crippen LogP contribution in [0.5, 0.6) is 0 Å². The van der Waals surface area contributed by atoms with Gasteiger partial charge in [-0.2, -0.15) is 0 Å². The fourth-order valence-corrected chi connectivity index (χ4v) is 3.02. The van der Waals surface area contributed by atoms with Crippen LogP contribution in [0.15, 0.2) is 48.5 Å². The Morgan fingerprint density at radius 3 is 2.58 bits per heavy atom. The SMILES string of the molecule is CC(NC(=O)C(C)(N)c1ccccc1)c1ccc2c(c1)CCC(=O)N2.Cl. The van der Waals surface area contributed by atoms with E-state index in [0.29, 0.717) is 12.8 Å². The van der Waals surface area contributed by atoms with E-state index in [4.69, 9.17) is 5.73 Å². The molecule has 2 aromatic carbocycles. The maximum Gasteiger partial charge on any atom is 0.244 e. The van der Waals surface area contributed by atoms with Crippen LogP contribution >= 0.6 is 12.4 Å². The molecule has 4 N–H and O–H groups in total. The summed E-state index contributed by atoms with van der Waals surface area (Å²) in [6.07, 6.45) is 1.21. The molecule has 2 aromatic rings. The second kappa shape index (κ2) is 7.89. The third-order valence-electron chi connectivity index (χ3n) is 4.72. The lowest BCUT2D eigenvalue weighted by Crippen LogP contribution is -2.49. The van der Waals surface area contributed by atoms with Crippen LogP contribution in [0.3, 0.4) is 0 Å². The van der Waals surface area contributed by atoms with E-state index in [9.17, 15) is 9.59 Å². The zero-order chi connectivity index (χ0) is 18.0. The average molecular weight is 374 g/mol.